The fourth-order valence-electron chi connectivity index (χ4n) is 2.33. The molecule has 2 aromatic rings. The molecule has 1 aliphatic rings. The Kier molecular flexibility index (Phi) is 4.46. The molecule has 0 N–H and O–H groups in total. The van der Waals surface area contributed by atoms with Crippen molar-refractivity contribution in [2.75, 3.05) is 13.6 Å². The molecule has 7 nitrogen and oxygen atoms in total. The van der Waals surface area contributed by atoms with Crippen LogP contribution in [0.2, 0.25) is 10.2 Å². The van der Waals surface area contributed by atoms with Crippen LogP contribution in [-0.4, -0.2) is 39.9 Å². The number of amidine groups is 1. The number of benzene rings is 1. The number of hydrogen-bond acceptors (Lipinski definition) is 5. The lowest BCUT2D eigenvalue weighted by Crippen LogP contribution is -2.30. The summed E-state index contributed by atoms with van der Waals surface area (Å²) in [4.78, 5) is 19.4. The zero-order valence-corrected chi connectivity index (χ0v) is 14.0. The van der Waals surface area contributed by atoms with Crippen molar-refractivity contribution in [2.24, 2.45) is 10.3 Å². The Morgan fingerprint density at radius 3 is 2.71 bits per heavy atom. The quantitative estimate of drug-likeness (QED) is 0.269. The molecule has 1 aromatic carbocycles. The molecule has 3 rings (SSSR count). The van der Waals surface area contributed by atoms with E-state index in [1.165, 1.54) is 7.05 Å². The summed E-state index contributed by atoms with van der Waals surface area (Å²) in [5, 5.41) is 17.2. The molecule has 0 unspecified atom stereocenters. The van der Waals surface area contributed by atoms with Crippen molar-refractivity contribution >= 4 is 40.4 Å². The Bertz CT molecular complexity index is 882. The molecule has 122 valence electrons. The maximum atomic E-state index is 12.8. The van der Waals surface area contributed by atoms with Gasteiger partial charge in [-0.1, -0.05) is 35.3 Å². The third-order valence-corrected chi connectivity index (χ3v) is 4.01. The number of aromatic nitrogens is 1. The number of fused-ring (bicyclic) bond motifs is 1. The highest BCUT2D eigenvalue weighted by molar-refractivity contribution is 6.35. The van der Waals surface area contributed by atoms with Crippen molar-refractivity contribution < 1.29 is 4.74 Å². The Balaban J connectivity index is 2.29. The van der Waals surface area contributed by atoms with Crippen LogP contribution in [0.4, 0.5) is 5.69 Å². The minimum Gasteiger partial charge on any atom is -0.623 e. The summed E-state index contributed by atoms with van der Waals surface area (Å²) in [6.07, 6.45) is 0. The first-order chi connectivity index (χ1) is 11.5. The van der Waals surface area contributed by atoms with E-state index in [0.717, 1.165) is 5.01 Å². The van der Waals surface area contributed by atoms with Gasteiger partial charge >= 0.3 is 0 Å². The van der Waals surface area contributed by atoms with Crippen LogP contribution < -0.4 is 0 Å². The highest BCUT2D eigenvalue weighted by Gasteiger charge is 2.29. The van der Waals surface area contributed by atoms with E-state index < -0.39 is 0 Å². The Hall–Kier alpha value is -2.51. The van der Waals surface area contributed by atoms with E-state index >= 15 is 0 Å². The average molecular weight is 364 g/mol. The topological polar surface area (TPSA) is 84.0 Å². The number of hydroxylamine groups is 1. The van der Waals surface area contributed by atoms with E-state index in [4.69, 9.17) is 23.2 Å². The van der Waals surface area contributed by atoms with Crippen molar-refractivity contribution in [3.8, 4) is 0 Å². The van der Waals surface area contributed by atoms with E-state index in [1.54, 1.807) is 36.4 Å². The van der Waals surface area contributed by atoms with Gasteiger partial charge in [0.05, 0.1) is 21.6 Å². The number of pyridine rings is 1. The predicted octanol–water partition coefficient (Wildman–Crippen LogP) is 3.39. The van der Waals surface area contributed by atoms with Crippen molar-refractivity contribution in [3.05, 3.63) is 67.9 Å². The van der Waals surface area contributed by atoms with E-state index in [-0.39, 0.29) is 23.2 Å². The lowest BCUT2D eigenvalue weighted by molar-refractivity contribution is -0.440. The molecule has 0 saturated carbocycles. The van der Waals surface area contributed by atoms with Gasteiger partial charge in [-0.15, -0.1) is 4.91 Å². The Labute approximate surface area is 147 Å². The highest BCUT2D eigenvalue weighted by Crippen LogP contribution is 2.28. The number of halogens is 2. The summed E-state index contributed by atoms with van der Waals surface area (Å²) in [6.45, 7) is -0.184. The summed E-state index contributed by atoms with van der Waals surface area (Å²) in [7, 11) is 1.42. The minimum atomic E-state index is -0.184. The molecule has 0 atom stereocenters. The van der Waals surface area contributed by atoms with Gasteiger partial charge in [-0.05, 0) is 24.3 Å². The van der Waals surface area contributed by atoms with Crippen LogP contribution in [0, 0.1) is 10.1 Å². The zero-order chi connectivity index (χ0) is 17.3. The second kappa shape index (κ2) is 6.54. The van der Waals surface area contributed by atoms with Crippen molar-refractivity contribution in [1.29, 1.82) is 0 Å². The van der Waals surface area contributed by atoms with Crippen LogP contribution in [-0.2, 0) is 0 Å². The largest absolute Gasteiger partial charge is 0.623 e. The van der Waals surface area contributed by atoms with Crippen LogP contribution >= 0.6 is 23.2 Å². The van der Waals surface area contributed by atoms with Gasteiger partial charge in [0.25, 0.3) is 0 Å². The molecule has 0 bridgehead atoms. The molecular formula is C15H11Cl2N5O2. The lowest BCUT2D eigenvalue weighted by Gasteiger charge is -2.12. The molecule has 0 fully saturated rings. The second-order valence-corrected chi connectivity index (χ2v) is 5.79. The zero-order valence-electron chi connectivity index (χ0n) is 12.5. The lowest BCUT2D eigenvalue weighted by atomic mass is 10.1. The smallest absolute Gasteiger partial charge is 0.248 e. The molecule has 1 aliphatic heterocycles. The fraction of sp³-hybridized carbons (Fsp3) is 0.133. The van der Waals surface area contributed by atoms with Gasteiger partial charge in [-0.2, -0.15) is 4.74 Å². The Morgan fingerprint density at radius 1 is 1.25 bits per heavy atom. The normalized spacial score (nSPS) is 13.9. The van der Waals surface area contributed by atoms with E-state index in [1.807, 2.05) is 0 Å². The maximum absolute atomic E-state index is 12.8. The summed E-state index contributed by atoms with van der Waals surface area (Å²) >= 11 is 12.2. The molecule has 0 spiro atoms. The second-order valence-electron chi connectivity index (χ2n) is 5.00. The van der Waals surface area contributed by atoms with E-state index in [9.17, 15) is 10.1 Å². The van der Waals surface area contributed by atoms with Gasteiger partial charge in [0.15, 0.2) is 11.5 Å². The minimum absolute atomic E-state index is 0.184. The van der Waals surface area contributed by atoms with E-state index in [0.29, 0.717) is 26.7 Å². The molecule has 9 heteroatoms. The third-order valence-electron chi connectivity index (χ3n) is 3.47. The standard InChI is InChI=1S/C15H11Cl2N5O2/c1-21(20-23)13-8-22(24)15(9-4-2-3-5-10(9)16)14-11(18-13)6-7-12(17)19-14/h2-7H,8H2,1H3. The number of nitrogens with zero attached hydrogens (tertiary/aromatic N) is 5. The number of rotatable bonds is 2. The molecule has 2 heterocycles. The van der Waals surface area contributed by atoms with Crippen molar-refractivity contribution in [1.82, 2.24) is 9.99 Å². The van der Waals surface area contributed by atoms with Gasteiger partial charge in [-0.3, -0.25) is 0 Å². The number of likely N-dealkylation sites (N-methyl/N-ethyl adjacent to an activating group) is 1. The molecule has 0 aliphatic carbocycles. The monoisotopic (exact) mass is 363 g/mol. The average Bonchev–Trinajstić information content (AvgIpc) is 2.71. The molecule has 0 radical (unpaired) electrons. The first-order valence-corrected chi connectivity index (χ1v) is 7.65. The van der Waals surface area contributed by atoms with Crippen LogP contribution in [0.15, 0.2) is 46.7 Å². The molecule has 0 amide bonds. The number of hydrogen-bond donors (Lipinski definition) is 0. The van der Waals surface area contributed by atoms with Gasteiger partial charge in [0, 0.05) is 7.05 Å². The van der Waals surface area contributed by atoms with Crippen LogP contribution in [0.25, 0.3) is 0 Å². The van der Waals surface area contributed by atoms with Crippen molar-refractivity contribution in [3.63, 3.8) is 0 Å². The Morgan fingerprint density at radius 2 is 2.00 bits per heavy atom. The van der Waals surface area contributed by atoms with E-state index in [2.05, 4.69) is 15.3 Å². The predicted molar refractivity (Wildman–Crippen MR) is 93.1 cm³/mol. The molecular weight excluding hydrogens is 353 g/mol. The molecule has 0 saturated heterocycles. The van der Waals surface area contributed by atoms with Gasteiger partial charge in [0.1, 0.15) is 5.15 Å². The van der Waals surface area contributed by atoms with Crippen LogP contribution in [0.3, 0.4) is 0 Å². The third kappa shape index (κ3) is 2.95. The number of nitroso groups, excluding NO2 is 1. The number of aliphatic imine (C=N–C) groups is 1. The first kappa shape index (κ1) is 16.4. The first-order valence-electron chi connectivity index (χ1n) is 6.89. The van der Waals surface area contributed by atoms with Crippen LogP contribution in [0.5, 0.6) is 0 Å². The van der Waals surface area contributed by atoms with Gasteiger partial charge < -0.3 is 5.21 Å². The van der Waals surface area contributed by atoms with Gasteiger partial charge in [-0.25, -0.2) is 15.0 Å². The summed E-state index contributed by atoms with van der Waals surface area (Å²) in [5.41, 5.74) is 1.43. The SMILES string of the molecule is CN(N=O)C1=Nc2ccc(Cl)nc2C(c2ccccc2Cl)=[N+]([O-])C1. The summed E-state index contributed by atoms with van der Waals surface area (Å²) < 4.78 is 0.677. The maximum Gasteiger partial charge on any atom is 0.248 e. The van der Waals surface area contributed by atoms with Crippen molar-refractivity contribution in [2.45, 2.75) is 0 Å². The van der Waals surface area contributed by atoms with Gasteiger partial charge in [0.2, 0.25) is 12.3 Å². The highest BCUT2D eigenvalue weighted by atomic mass is 35.5. The molecule has 1 aromatic heterocycles. The molecule has 24 heavy (non-hydrogen) atoms. The summed E-state index contributed by atoms with van der Waals surface area (Å²) in [6, 6.07) is 10.1. The van der Waals surface area contributed by atoms with Crippen LogP contribution in [0.1, 0.15) is 11.3 Å². The summed E-state index contributed by atoms with van der Waals surface area (Å²) in [5.74, 6) is 0.187. The fourth-order valence-corrected chi connectivity index (χ4v) is 2.70.